The number of nitrogens with zero attached hydrogens (tertiary/aromatic N) is 4. The molecule has 0 unspecified atom stereocenters. The fourth-order valence-corrected chi connectivity index (χ4v) is 4.52. The fourth-order valence-electron chi connectivity index (χ4n) is 4.00. The van der Waals surface area contributed by atoms with Crippen LogP contribution in [0, 0.1) is 0 Å². The molecule has 1 aliphatic rings. The summed E-state index contributed by atoms with van der Waals surface area (Å²) >= 11 is 1.47. The molecule has 1 atom stereocenters. The van der Waals surface area contributed by atoms with Crippen LogP contribution < -0.4 is 5.56 Å². The average Bonchev–Trinajstić information content (AvgIpc) is 2.99. The molecule has 0 amide bonds. The molecule has 2 heterocycles. The lowest BCUT2D eigenvalue weighted by Gasteiger charge is -2.35. The minimum Gasteiger partial charge on any atom is -0.268 e. The third kappa shape index (κ3) is 2.65. The van der Waals surface area contributed by atoms with E-state index >= 15 is 0 Å². The zero-order valence-corrected chi connectivity index (χ0v) is 17.1. The molecule has 0 aliphatic heterocycles. The molecule has 27 heavy (non-hydrogen) atoms. The van der Waals surface area contributed by atoms with Crippen molar-refractivity contribution in [1.82, 2.24) is 19.2 Å². The van der Waals surface area contributed by atoms with Gasteiger partial charge in [0.05, 0.1) is 17.8 Å². The second kappa shape index (κ2) is 6.37. The Morgan fingerprint density at radius 3 is 2.78 bits per heavy atom. The molecule has 5 nitrogen and oxygen atoms in total. The monoisotopic (exact) mass is 380 g/mol. The highest BCUT2D eigenvalue weighted by Crippen LogP contribution is 2.42. The molecule has 0 saturated heterocycles. The van der Waals surface area contributed by atoms with Gasteiger partial charge in [-0.15, -0.1) is 5.10 Å². The summed E-state index contributed by atoms with van der Waals surface area (Å²) in [5.74, 6) is 0.584. The summed E-state index contributed by atoms with van der Waals surface area (Å²) in [6.07, 6.45) is 3.67. The SMILES string of the molecule is C=C(C)Cn1nc(SC)n2c(=O)c3c(nc12)-c1ccccc1C[C@]3(C)CC. The van der Waals surface area contributed by atoms with Gasteiger partial charge in [-0.3, -0.25) is 4.79 Å². The van der Waals surface area contributed by atoms with E-state index in [9.17, 15) is 4.79 Å². The van der Waals surface area contributed by atoms with Crippen LogP contribution >= 0.6 is 11.8 Å². The topological polar surface area (TPSA) is 52.2 Å². The highest BCUT2D eigenvalue weighted by molar-refractivity contribution is 7.98. The lowest BCUT2D eigenvalue weighted by atomic mass is 9.69. The number of rotatable bonds is 4. The van der Waals surface area contributed by atoms with Gasteiger partial charge in [0.25, 0.3) is 5.56 Å². The molecule has 0 saturated carbocycles. The smallest absolute Gasteiger partial charge is 0.265 e. The lowest BCUT2D eigenvalue weighted by Crippen LogP contribution is -2.37. The second-order valence-corrected chi connectivity index (χ2v) is 8.40. The second-order valence-electron chi connectivity index (χ2n) is 7.63. The number of hydrogen-bond acceptors (Lipinski definition) is 4. The maximum Gasteiger partial charge on any atom is 0.265 e. The molecule has 2 aromatic heterocycles. The van der Waals surface area contributed by atoms with E-state index in [0.29, 0.717) is 17.5 Å². The van der Waals surface area contributed by atoms with E-state index in [0.717, 1.165) is 35.2 Å². The third-order valence-electron chi connectivity index (χ3n) is 5.53. The van der Waals surface area contributed by atoms with Crippen molar-refractivity contribution in [2.75, 3.05) is 6.26 Å². The van der Waals surface area contributed by atoms with Gasteiger partial charge >= 0.3 is 0 Å². The van der Waals surface area contributed by atoms with Gasteiger partial charge in [-0.25, -0.2) is 14.1 Å². The summed E-state index contributed by atoms with van der Waals surface area (Å²) in [5, 5.41) is 5.30. The van der Waals surface area contributed by atoms with E-state index in [1.54, 1.807) is 9.08 Å². The van der Waals surface area contributed by atoms with E-state index in [1.165, 1.54) is 17.3 Å². The largest absolute Gasteiger partial charge is 0.268 e. The Bertz CT molecular complexity index is 1130. The Hall–Kier alpha value is -2.34. The predicted octanol–water partition coefficient (Wildman–Crippen LogP) is 4.08. The number of hydrogen-bond donors (Lipinski definition) is 0. The molecule has 0 fully saturated rings. The predicted molar refractivity (Wildman–Crippen MR) is 111 cm³/mol. The van der Waals surface area contributed by atoms with Crippen LogP contribution in [0.4, 0.5) is 0 Å². The highest BCUT2D eigenvalue weighted by atomic mass is 32.2. The molecule has 140 valence electrons. The lowest BCUT2D eigenvalue weighted by molar-refractivity contribution is 0.439. The number of aromatic nitrogens is 4. The molecule has 6 heteroatoms. The molecule has 0 spiro atoms. The Kier molecular flexibility index (Phi) is 4.26. The first-order chi connectivity index (χ1) is 12.9. The first-order valence-electron chi connectivity index (χ1n) is 9.20. The van der Waals surface area contributed by atoms with E-state index in [1.807, 2.05) is 19.2 Å². The van der Waals surface area contributed by atoms with Crippen molar-refractivity contribution >= 4 is 17.5 Å². The summed E-state index contributed by atoms with van der Waals surface area (Å²) in [6, 6.07) is 8.29. The van der Waals surface area contributed by atoms with Crippen LogP contribution in [0.2, 0.25) is 0 Å². The average molecular weight is 381 g/mol. The van der Waals surface area contributed by atoms with Crippen LogP contribution in [-0.2, 0) is 18.4 Å². The van der Waals surface area contributed by atoms with Crippen LogP contribution in [0.25, 0.3) is 17.0 Å². The van der Waals surface area contributed by atoms with Crippen molar-refractivity contribution in [3.63, 3.8) is 0 Å². The van der Waals surface area contributed by atoms with Crippen molar-refractivity contribution in [3.05, 3.63) is 57.9 Å². The van der Waals surface area contributed by atoms with Gasteiger partial charge < -0.3 is 0 Å². The Balaban J connectivity index is 2.14. The molecule has 3 aromatic rings. The molecule has 0 radical (unpaired) electrons. The third-order valence-corrected chi connectivity index (χ3v) is 6.16. The van der Waals surface area contributed by atoms with Gasteiger partial charge in [-0.1, -0.05) is 62.0 Å². The fraction of sp³-hybridized carbons (Fsp3) is 0.381. The van der Waals surface area contributed by atoms with E-state index in [2.05, 4.69) is 43.7 Å². The van der Waals surface area contributed by atoms with Crippen molar-refractivity contribution in [2.24, 2.45) is 0 Å². The van der Waals surface area contributed by atoms with Gasteiger partial charge in [-0.2, -0.15) is 0 Å². The number of allylic oxidation sites excluding steroid dienone is 1. The van der Waals surface area contributed by atoms with E-state index in [-0.39, 0.29) is 11.0 Å². The van der Waals surface area contributed by atoms with Gasteiger partial charge in [-0.05, 0) is 31.6 Å². The van der Waals surface area contributed by atoms with Gasteiger partial charge in [0, 0.05) is 11.0 Å². The minimum atomic E-state index is -0.235. The molecular weight excluding hydrogens is 356 g/mol. The maximum atomic E-state index is 13.7. The van der Waals surface area contributed by atoms with Crippen molar-refractivity contribution in [2.45, 2.75) is 50.7 Å². The van der Waals surface area contributed by atoms with Crippen molar-refractivity contribution in [3.8, 4) is 11.3 Å². The highest BCUT2D eigenvalue weighted by Gasteiger charge is 2.38. The van der Waals surface area contributed by atoms with E-state index in [4.69, 9.17) is 4.98 Å². The normalized spacial score (nSPS) is 18.4. The van der Waals surface area contributed by atoms with E-state index < -0.39 is 0 Å². The Morgan fingerprint density at radius 1 is 1.37 bits per heavy atom. The standard InChI is InChI=1S/C21H24N4OS/c1-6-21(4)11-14-9-7-8-10-15(14)17-16(21)18(26)25-19(22-17)24(12-13(2)3)23-20(25)27-5/h7-10H,2,6,11-12H2,1,3-5H3/t21-/m0/s1. The maximum absolute atomic E-state index is 13.7. The number of fused-ring (bicyclic) bond motifs is 4. The first kappa shape index (κ1) is 18.0. The molecule has 0 bridgehead atoms. The molecule has 1 aromatic carbocycles. The Morgan fingerprint density at radius 2 is 2.11 bits per heavy atom. The van der Waals surface area contributed by atoms with Crippen molar-refractivity contribution in [1.29, 1.82) is 0 Å². The van der Waals surface area contributed by atoms with Gasteiger partial charge in [0.1, 0.15) is 0 Å². The molecule has 4 rings (SSSR count). The molecule has 0 N–H and O–H groups in total. The molecular formula is C21H24N4OS. The van der Waals surface area contributed by atoms with Crippen LogP contribution in [0.15, 0.2) is 46.4 Å². The summed E-state index contributed by atoms with van der Waals surface area (Å²) in [6.45, 7) is 10.8. The summed E-state index contributed by atoms with van der Waals surface area (Å²) < 4.78 is 3.46. The van der Waals surface area contributed by atoms with Crippen LogP contribution in [0.3, 0.4) is 0 Å². The first-order valence-corrected chi connectivity index (χ1v) is 10.4. The van der Waals surface area contributed by atoms with Crippen LogP contribution in [-0.4, -0.2) is 25.4 Å². The van der Waals surface area contributed by atoms with Crippen molar-refractivity contribution < 1.29 is 0 Å². The van der Waals surface area contributed by atoms with Gasteiger partial charge in [0.15, 0.2) is 5.16 Å². The van der Waals surface area contributed by atoms with Crippen LogP contribution in [0.1, 0.15) is 38.3 Å². The minimum absolute atomic E-state index is 0.00571. The van der Waals surface area contributed by atoms with Gasteiger partial charge in [0.2, 0.25) is 5.78 Å². The summed E-state index contributed by atoms with van der Waals surface area (Å²) in [5.41, 5.74) is 4.67. The molecule has 1 aliphatic carbocycles. The zero-order chi connectivity index (χ0) is 19.3. The van der Waals surface area contributed by atoms with Crippen LogP contribution in [0.5, 0.6) is 0 Å². The zero-order valence-electron chi connectivity index (χ0n) is 16.2. The summed E-state index contributed by atoms with van der Waals surface area (Å²) in [7, 11) is 0. The number of benzene rings is 1. The Labute approximate surface area is 163 Å². The summed E-state index contributed by atoms with van der Waals surface area (Å²) in [4.78, 5) is 18.7. The number of thioether (sulfide) groups is 1. The quantitative estimate of drug-likeness (QED) is 0.505.